The van der Waals surface area contributed by atoms with E-state index in [1.165, 1.54) is 12.1 Å². The maximum atomic E-state index is 13.2. The molecular weight excluding hydrogens is 373 g/mol. The fraction of sp³-hybridized carbons (Fsp3) is 0.409. The zero-order valence-corrected chi connectivity index (χ0v) is 16.6. The second-order valence-electron chi connectivity index (χ2n) is 8.49. The minimum Gasteiger partial charge on any atom is -0.489 e. The summed E-state index contributed by atoms with van der Waals surface area (Å²) in [4.78, 5) is 18.2. The molecule has 1 unspecified atom stereocenters. The number of benzene rings is 1. The Bertz CT molecular complexity index is 966. The first-order valence-electron chi connectivity index (χ1n) is 9.56. The Morgan fingerprint density at radius 1 is 1.21 bits per heavy atom. The van der Waals surface area contributed by atoms with Crippen molar-refractivity contribution < 1.29 is 18.7 Å². The molecule has 2 fully saturated rings. The second kappa shape index (κ2) is 7.03. The third kappa shape index (κ3) is 4.16. The maximum Gasteiger partial charge on any atom is 0.410 e. The zero-order valence-electron chi connectivity index (χ0n) is 16.6. The molecule has 1 aromatic heterocycles. The normalized spacial score (nSPS) is 22.6. The summed E-state index contributed by atoms with van der Waals surface area (Å²) in [5.74, 6) is 0.743. The van der Waals surface area contributed by atoms with Gasteiger partial charge in [-0.15, -0.1) is 0 Å². The molecule has 150 valence electrons. The van der Waals surface area contributed by atoms with Gasteiger partial charge < -0.3 is 14.4 Å². The lowest BCUT2D eigenvalue weighted by Gasteiger charge is -2.26. The zero-order chi connectivity index (χ0) is 20.8. The van der Waals surface area contributed by atoms with Gasteiger partial charge in [0.15, 0.2) is 0 Å². The molecule has 1 saturated carbocycles. The van der Waals surface area contributed by atoms with E-state index in [9.17, 15) is 14.4 Å². The van der Waals surface area contributed by atoms with E-state index < -0.39 is 5.60 Å². The van der Waals surface area contributed by atoms with Gasteiger partial charge in [0.2, 0.25) is 0 Å². The van der Waals surface area contributed by atoms with Crippen LogP contribution in [0, 0.1) is 29.0 Å². The molecule has 1 aliphatic heterocycles. The lowest BCUT2D eigenvalue weighted by molar-refractivity contribution is 0.0253. The number of fused-ring (bicyclic) bond motifs is 1. The molecular formula is C22H22FN3O3. The van der Waals surface area contributed by atoms with Gasteiger partial charge in [0.1, 0.15) is 35.0 Å². The van der Waals surface area contributed by atoms with Gasteiger partial charge >= 0.3 is 6.09 Å². The van der Waals surface area contributed by atoms with Crippen molar-refractivity contribution in [1.82, 2.24) is 9.88 Å². The number of carbonyl (C=O) groups is 1. The number of hydrogen-bond donors (Lipinski definition) is 0. The number of carbonyl (C=O) groups excluding carboxylic acids is 1. The SMILES string of the molecule is CC(C)(C)OC(=O)N1C[C@@H]2C(Oc3cc(C#N)nc(-c4ccc(F)cc4)c3)[C@@H]2C1. The third-order valence-corrected chi connectivity index (χ3v) is 5.09. The molecule has 2 aliphatic rings. The number of hydrogen-bond acceptors (Lipinski definition) is 5. The summed E-state index contributed by atoms with van der Waals surface area (Å²) in [6.07, 6.45) is -0.290. The molecule has 7 heteroatoms. The van der Waals surface area contributed by atoms with Gasteiger partial charge in [0.05, 0.1) is 5.69 Å². The fourth-order valence-corrected chi connectivity index (χ4v) is 3.68. The molecule has 0 spiro atoms. The predicted octanol–water partition coefficient (Wildman–Crippen LogP) is 4.00. The van der Waals surface area contributed by atoms with Crippen molar-refractivity contribution in [2.75, 3.05) is 13.1 Å². The molecule has 1 amide bonds. The number of aromatic nitrogens is 1. The number of ether oxygens (including phenoxy) is 2. The van der Waals surface area contributed by atoms with Crippen LogP contribution in [0.3, 0.4) is 0 Å². The molecule has 2 heterocycles. The molecule has 1 aromatic carbocycles. The Morgan fingerprint density at radius 2 is 1.86 bits per heavy atom. The summed E-state index contributed by atoms with van der Waals surface area (Å²) < 4.78 is 24.7. The van der Waals surface area contributed by atoms with Crippen molar-refractivity contribution in [2.45, 2.75) is 32.5 Å². The van der Waals surface area contributed by atoms with E-state index in [4.69, 9.17) is 9.47 Å². The van der Waals surface area contributed by atoms with Crippen LogP contribution >= 0.6 is 0 Å². The number of pyridine rings is 1. The third-order valence-electron chi connectivity index (χ3n) is 5.09. The number of nitrogens with zero attached hydrogens (tertiary/aromatic N) is 3. The number of rotatable bonds is 3. The van der Waals surface area contributed by atoms with E-state index in [2.05, 4.69) is 4.98 Å². The maximum absolute atomic E-state index is 13.2. The van der Waals surface area contributed by atoms with Gasteiger partial charge in [-0.25, -0.2) is 14.2 Å². The summed E-state index contributed by atoms with van der Waals surface area (Å²) in [6.45, 7) is 6.75. The lowest BCUT2D eigenvalue weighted by atomic mass is 10.1. The second-order valence-corrected chi connectivity index (χ2v) is 8.49. The monoisotopic (exact) mass is 395 g/mol. The number of amides is 1. The van der Waals surface area contributed by atoms with Gasteiger partial charge in [0, 0.05) is 42.6 Å². The van der Waals surface area contributed by atoms with Crippen molar-refractivity contribution in [3.8, 4) is 23.1 Å². The van der Waals surface area contributed by atoms with E-state index in [1.807, 2.05) is 26.8 Å². The summed E-state index contributed by atoms with van der Waals surface area (Å²) in [6, 6.07) is 11.3. The van der Waals surface area contributed by atoms with Crippen LogP contribution in [0.15, 0.2) is 36.4 Å². The van der Waals surface area contributed by atoms with Gasteiger partial charge in [0.25, 0.3) is 0 Å². The van der Waals surface area contributed by atoms with Gasteiger partial charge in [-0.2, -0.15) is 5.26 Å². The van der Waals surface area contributed by atoms with Crippen LogP contribution in [0.2, 0.25) is 0 Å². The quantitative estimate of drug-likeness (QED) is 0.785. The predicted molar refractivity (Wildman–Crippen MR) is 104 cm³/mol. The first kappa shape index (κ1) is 19.2. The highest BCUT2D eigenvalue weighted by Crippen LogP contribution is 2.48. The van der Waals surface area contributed by atoms with E-state index in [0.717, 1.165) is 0 Å². The van der Waals surface area contributed by atoms with Crippen LogP contribution in [0.1, 0.15) is 26.5 Å². The summed E-state index contributed by atoms with van der Waals surface area (Å²) in [5.41, 5.74) is 0.991. The van der Waals surface area contributed by atoms with Crippen LogP contribution in [0.5, 0.6) is 5.75 Å². The average Bonchev–Trinajstić information content (AvgIpc) is 3.10. The molecule has 0 N–H and O–H groups in total. The molecule has 0 radical (unpaired) electrons. The number of likely N-dealkylation sites (tertiary alicyclic amines) is 1. The highest BCUT2D eigenvalue weighted by Gasteiger charge is 2.59. The lowest BCUT2D eigenvalue weighted by Crippen LogP contribution is -2.38. The van der Waals surface area contributed by atoms with Crippen molar-refractivity contribution in [3.05, 3.63) is 47.9 Å². The van der Waals surface area contributed by atoms with Crippen LogP contribution in [0.25, 0.3) is 11.3 Å². The number of piperidine rings is 1. The Labute approximate surface area is 168 Å². The van der Waals surface area contributed by atoms with Gasteiger partial charge in [-0.1, -0.05) is 0 Å². The summed E-state index contributed by atoms with van der Waals surface area (Å²) in [7, 11) is 0. The Balaban J connectivity index is 1.43. The molecule has 3 atom stereocenters. The summed E-state index contributed by atoms with van der Waals surface area (Å²) >= 11 is 0. The first-order chi connectivity index (χ1) is 13.7. The van der Waals surface area contributed by atoms with Crippen LogP contribution in [-0.2, 0) is 4.74 Å². The Kier molecular flexibility index (Phi) is 4.65. The number of halogens is 1. The van der Waals surface area contributed by atoms with E-state index in [0.29, 0.717) is 30.1 Å². The van der Waals surface area contributed by atoms with Crippen LogP contribution in [-0.4, -0.2) is 40.8 Å². The topological polar surface area (TPSA) is 75.4 Å². The average molecular weight is 395 g/mol. The molecule has 2 aromatic rings. The smallest absolute Gasteiger partial charge is 0.410 e. The van der Waals surface area contributed by atoms with E-state index >= 15 is 0 Å². The molecule has 1 saturated heterocycles. The molecule has 1 aliphatic carbocycles. The highest BCUT2D eigenvalue weighted by atomic mass is 19.1. The number of nitriles is 1. The molecule has 0 bridgehead atoms. The van der Waals surface area contributed by atoms with Gasteiger partial charge in [-0.05, 0) is 45.0 Å². The molecule has 4 rings (SSSR count). The van der Waals surface area contributed by atoms with Gasteiger partial charge in [-0.3, -0.25) is 0 Å². The van der Waals surface area contributed by atoms with Crippen molar-refractivity contribution in [1.29, 1.82) is 5.26 Å². The van der Waals surface area contributed by atoms with Crippen molar-refractivity contribution in [2.24, 2.45) is 11.8 Å². The Hall–Kier alpha value is -3.14. The minimum atomic E-state index is -0.513. The Morgan fingerprint density at radius 3 is 2.45 bits per heavy atom. The fourth-order valence-electron chi connectivity index (χ4n) is 3.68. The largest absolute Gasteiger partial charge is 0.489 e. The minimum absolute atomic E-state index is 0.00342. The summed E-state index contributed by atoms with van der Waals surface area (Å²) in [5, 5.41) is 9.29. The van der Waals surface area contributed by atoms with E-state index in [-0.39, 0.29) is 35.5 Å². The van der Waals surface area contributed by atoms with E-state index in [1.54, 1.807) is 29.2 Å². The first-order valence-corrected chi connectivity index (χ1v) is 9.56. The standard InChI is InChI=1S/C22H22FN3O3/c1-22(2,3)29-21(27)26-11-17-18(12-26)20(17)28-16-8-15(10-24)25-19(9-16)13-4-6-14(23)7-5-13/h4-9,17-18,20H,11-12H2,1-3H3/t17-,18+,20?. The van der Waals surface area contributed by atoms with Crippen molar-refractivity contribution >= 4 is 6.09 Å². The highest BCUT2D eigenvalue weighted by molar-refractivity contribution is 5.69. The van der Waals surface area contributed by atoms with Crippen LogP contribution < -0.4 is 4.74 Å². The molecule has 6 nitrogen and oxygen atoms in total. The van der Waals surface area contributed by atoms with Crippen molar-refractivity contribution in [3.63, 3.8) is 0 Å². The molecule has 29 heavy (non-hydrogen) atoms. The van der Waals surface area contributed by atoms with Crippen LogP contribution in [0.4, 0.5) is 9.18 Å².